The second-order valence-corrected chi connectivity index (χ2v) is 8.34. The van der Waals surface area contributed by atoms with E-state index in [-0.39, 0.29) is 17.5 Å². The number of rotatable bonds is 7. The average molecular weight is 390 g/mol. The first-order chi connectivity index (χ1) is 13.0. The van der Waals surface area contributed by atoms with Crippen LogP contribution in [0, 0.1) is 10.1 Å². The van der Waals surface area contributed by atoms with Crippen LogP contribution < -0.4 is 0 Å². The molecule has 1 fully saturated rings. The minimum Gasteiger partial charge on any atom is -0.280 e. The number of hydroxylamine groups is 1. The molecular formula is C19H22N2O5S. The molecule has 0 N–H and O–H groups in total. The third kappa shape index (κ3) is 4.71. The first-order valence-electron chi connectivity index (χ1n) is 8.95. The summed E-state index contributed by atoms with van der Waals surface area (Å²) >= 11 is 0. The van der Waals surface area contributed by atoms with Crippen molar-refractivity contribution < 1.29 is 18.2 Å². The van der Waals surface area contributed by atoms with E-state index in [1.165, 1.54) is 24.3 Å². The molecule has 1 aliphatic carbocycles. The molecule has 0 saturated heterocycles. The highest BCUT2D eigenvalue weighted by Crippen LogP contribution is 2.30. The van der Waals surface area contributed by atoms with Crippen LogP contribution in [0.5, 0.6) is 0 Å². The molecule has 0 heterocycles. The monoisotopic (exact) mass is 390 g/mol. The standard InChI is InChI=1S/C19H22N2O5S/c22-21(23)18-13-7-8-14-19(18)27(24,25)20(15-16-9-3-1-4-10-16)26-17-11-5-2-6-12-17/h1,3-4,7-10,13-14,17H,2,5-6,11-12,15H2. The lowest BCUT2D eigenvalue weighted by atomic mass is 9.98. The lowest BCUT2D eigenvalue weighted by molar-refractivity contribution is -0.388. The second-order valence-electron chi connectivity index (χ2n) is 6.54. The van der Waals surface area contributed by atoms with Gasteiger partial charge in [0.25, 0.3) is 15.7 Å². The fourth-order valence-electron chi connectivity index (χ4n) is 3.18. The minimum atomic E-state index is -4.20. The van der Waals surface area contributed by atoms with E-state index in [2.05, 4.69) is 0 Å². The number of para-hydroxylation sites is 1. The molecule has 0 spiro atoms. The van der Waals surface area contributed by atoms with Crippen LogP contribution in [0.25, 0.3) is 0 Å². The van der Waals surface area contributed by atoms with Gasteiger partial charge in [-0.1, -0.05) is 66.2 Å². The van der Waals surface area contributed by atoms with Crippen LogP contribution in [-0.2, 0) is 21.4 Å². The van der Waals surface area contributed by atoms with Gasteiger partial charge in [0.1, 0.15) is 0 Å². The molecule has 8 heteroatoms. The maximum atomic E-state index is 13.2. The lowest BCUT2D eigenvalue weighted by Crippen LogP contribution is -2.36. The van der Waals surface area contributed by atoms with Crippen molar-refractivity contribution in [2.24, 2.45) is 0 Å². The molecule has 0 atom stereocenters. The number of hydrogen-bond donors (Lipinski definition) is 0. The van der Waals surface area contributed by atoms with Gasteiger partial charge < -0.3 is 0 Å². The Bertz CT molecular complexity index is 880. The smallest absolute Gasteiger partial charge is 0.280 e. The van der Waals surface area contributed by atoms with Crippen molar-refractivity contribution in [3.8, 4) is 0 Å². The van der Waals surface area contributed by atoms with E-state index in [1.54, 1.807) is 12.1 Å². The zero-order valence-corrected chi connectivity index (χ0v) is 15.7. The number of benzene rings is 2. The largest absolute Gasteiger partial charge is 0.289 e. The van der Waals surface area contributed by atoms with Crippen molar-refractivity contribution in [3.63, 3.8) is 0 Å². The summed E-state index contributed by atoms with van der Waals surface area (Å²) in [6.07, 6.45) is 4.41. The highest BCUT2D eigenvalue weighted by Gasteiger charge is 2.34. The van der Waals surface area contributed by atoms with E-state index in [9.17, 15) is 18.5 Å². The Balaban J connectivity index is 1.96. The first kappa shape index (κ1) is 19.5. The normalized spacial score (nSPS) is 15.7. The molecule has 1 aliphatic rings. The average Bonchev–Trinajstić information content (AvgIpc) is 2.69. The topological polar surface area (TPSA) is 89.8 Å². The second kappa shape index (κ2) is 8.60. The molecule has 144 valence electrons. The molecule has 0 unspecified atom stereocenters. The maximum Gasteiger partial charge on any atom is 0.289 e. The molecule has 2 aromatic carbocycles. The Morgan fingerprint density at radius 3 is 2.30 bits per heavy atom. The molecule has 7 nitrogen and oxygen atoms in total. The third-order valence-electron chi connectivity index (χ3n) is 4.58. The summed E-state index contributed by atoms with van der Waals surface area (Å²) in [5.41, 5.74) is 0.290. The fourth-order valence-corrected chi connectivity index (χ4v) is 4.61. The van der Waals surface area contributed by atoms with Crippen LogP contribution in [0.2, 0.25) is 0 Å². The van der Waals surface area contributed by atoms with E-state index in [0.717, 1.165) is 42.1 Å². The van der Waals surface area contributed by atoms with Gasteiger partial charge in [-0.25, -0.2) is 8.42 Å². The summed E-state index contributed by atoms with van der Waals surface area (Å²) in [5, 5.41) is 11.3. The van der Waals surface area contributed by atoms with Crippen molar-refractivity contribution in [1.29, 1.82) is 0 Å². The van der Waals surface area contributed by atoms with Crippen molar-refractivity contribution >= 4 is 15.7 Å². The van der Waals surface area contributed by atoms with Crippen LogP contribution in [0.1, 0.15) is 37.7 Å². The molecule has 2 aromatic rings. The third-order valence-corrected chi connectivity index (χ3v) is 6.23. The van der Waals surface area contributed by atoms with Crippen molar-refractivity contribution in [3.05, 3.63) is 70.3 Å². The van der Waals surface area contributed by atoms with Gasteiger partial charge in [-0.15, -0.1) is 0 Å². The van der Waals surface area contributed by atoms with Gasteiger partial charge in [0, 0.05) is 6.07 Å². The summed E-state index contributed by atoms with van der Waals surface area (Å²) < 4.78 is 27.4. The van der Waals surface area contributed by atoms with E-state index in [1.807, 2.05) is 18.2 Å². The summed E-state index contributed by atoms with van der Waals surface area (Å²) in [4.78, 5) is 16.1. The van der Waals surface area contributed by atoms with Crippen LogP contribution in [0.15, 0.2) is 59.5 Å². The molecule has 27 heavy (non-hydrogen) atoms. The van der Waals surface area contributed by atoms with Gasteiger partial charge in [0.2, 0.25) is 0 Å². The number of nitro groups is 1. The van der Waals surface area contributed by atoms with E-state index in [0.29, 0.717) is 0 Å². The fraction of sp³-hybridized carbons (Fsp3) is 0.368. The van der Waals surface area contributed by atoms with E-state index < -0.39 is 20.6 Å². The predicted molar refractivity (Wildman–Crippen MR) is 100 cm³/mol. The van der Waals surface area contributed by atoms with Crippen LogP contribution in [-0.4, -0.2) is 23.9 Å². The highest BCUT2D eigenvalue weighted by atomic mass is 32.2. The summed E-state index contributed by atoms with van der Waals surface area (Å²) in [5.74, 6) is 0. The van der Waals surface area contributed by atoms with E-state index >= 15 is 0 Å². The summed E-state index contributed by atoms with van der Waals surface area (Å²) in [7, 11) is -4.20. The van der Waals surface area contributed by atoms with Crippen molar-refractivity contribution in [1.82, 2.24) is 4.47 Å². The number of nitrogens with zero attached hydrogens (tertiary/aromatic N) is 2. The summed E-state index contributed by atoms with van der Waals surface area (Å²) in [6, 6.07) is 14.4. The molecule has 0 amide bonds. The van der Waals surface area contributed by atoms with Crippen molar-refractivity contribution in [2.75, 3.05) is 0 Å². The quantitative estimate of drug-likeness (QED) is 0.525. The van der Waals surface area contributed by atoms with Gasteiger partial charge in [-0.05, 0) is 24.5 Å². The number of nitro benzene ring substituents is 1. The Morgan fingerprint density at radius 1 is 1.00 bits per heavy atom. The Hall–Kier alpha value is -2.29. The minimum absolute atomic E-state index is 0.00821. The van der Waals surface area contributed by atoms with Gasteiger partial charge in [-0.2, -0.15) is 0 Å². The van der Waals surface area contributed by atoms with Crippen molar-refractivity contribution in [2.45, 2.75) is 49.6 Å². The Labute approximate surface area is 158 Å². The first-order valence-corrected chi connectivity index (χ1v) is 10.4. The Kier molecular flexibility index (Phi) is 6.20. The van der Waals surface area contributed by atoms with Gasteiger partial charge >= 0.3 is 0 Å². The van der Waals surface area contributed by atoms with Crippen LogP contribution in [0.3, 0.4) is 0 Å². The van der Waals surface area contributed by atoms with Gasteiger partial charge in [-0.3, -0.25) is 15.0 Å². The summed E-state index contributed by atoms with van der Waals surface area (Å²) in [6.45, 7) is -0.00821. The zero-order chi connectivity index (χ0) is 19.3. The number of sulfonamides is 1. The highest BCUT2D eigenvalue weighted by molar-refractivity contribution is 7.89. The van der Waals surface area contributed by atoms with Crippen LogP contribution >= 0.6 is 0 Å². The lowest BCUT2D eigenvalue weighted by Gasteiger charge is -2.29. The zero-order valence-electron chi connectivity index (χ0n) is 14.9. The molecule has 0 radical (unpaired) electrons. The SMILES string of the molecule is O=[N+]([O-])c1ccccc1S(=O)(=O)N(Cc1ccccc1)OC1CCCCC1. The molecule has 0 aromatic heterocycles. The Morgan fingerprint density at radius 2 is 1.63 bits per heavy atom. The van der Waals surface area contributed by atoms with E-state index in [4.69, 9.17) is 4.84 Å². The molecule has 3 rings (SSSR count). The predicted octanol–water partition coefficient (Wildman–Crippen LogP) is 4.05. The molecular weight excluding hydrogens is 368 g/mol. The maximum absolute atomic E-state index is 13.2. The molecule has 0 aliphatic heterocycles. The van der Waals surface area contributed by atoms with Gasteiger partial charge in [0.05, 0.1) is 17.6 Å². The number of hydrogen-bond acceptors (Lipinski definition) is 5. The molecule has 0 bridgehead atoms. The van der Waals surface area contributed by atoms with Gasteiger partial charge in [0.15, 0.2) is 4.90 Å². The van der Waals surface area contributed by atoms with Crippen LogP contribution in [0.4, 0.5) is 5.69 Å². The molecule has 1 saturated carbocycles.